The molecule has 0 amide bonds. The van der Waals surface area contributed by atoms with E-state index in [9.17, 15) is 19.2 Å². The highest BCUT2D eigenvalue weighted by Crippen LogP contribution is 2.48. The molecular formula is C52H74O8. The van der Waals surface area contributed by atoms with Gasteiger partial charge in [0.05, 0.1) is 0 Å². The van der Waals surface area contributed by atoms with Crippen LogP contribution in [-0.2, 0) is 19.2 Å². The zero-order valence-electron chi connectivity index (χ0n) is 37.5. The van der Waals surface area contributed by atoms with Gasteiger partial charge in [-0.15, -0.1) is 0 Å². The summed E-state index contributed by atoms with van der Waals surface area (Å²) in [6, 6.07) is 10.8. The lowest BCUT2D eigenvalue weighted by Crippen LogP contribution is -2.12. The Kier molecular flexibility index (Phi) is 22.3. The van der Waals surface area contributed by atoms with E-state index in [1.54, 1.807) is 12.1 Å². The van der Waals surface area contributed by atoms with Crippen LogP contribution in [0.2, 0.25) is 0 Å². The molecule has 0 bridgehead atoms. The van der Waals surface area contributed by atoms with Crippen molar-refractivity contribution in [3.8, 4) is 23.0 Å². The Morgan fingerprint density at radius 3 is 0.733 bits per heavy atom. The molecule has 0 radical (unpaired) electrons. The molecular weight excluding hydrogens is 753 g/mol. The summed E-state index contributed by atoms with van der Waals surface area (Å²) in [5, 5.41) is 3.95. The molecule has 0 aliphatic heterocycles. The van der Waals surface area contributed by atoms with Crippen LogP contribution in [0, 0.1) is 0 Å². The fourth-order valence-corrected chi connectivity index (χ4v) is 8.10. The highest BCUT2D eigenvalue weighted by Gasteiger charge is 2.24. The van der Waals surface area contributed by atoms with Gasteiger partial charge in [-0.25, -0.2) is 0 Å². The number of hydrogen-bond donors (Lipinski definition) is 0. The van der Waals surface area contributed by atoms with Crippen LogP contribution in [0.15, 0.2) is 36.4 Å². The maximum atomic E-state index is 13.4. The van der Waals surface area contributed by atoms with E-state index in [1.807, 2.05) is 24.3 Å². The van der Waals surface area contributed by atoms with Gasteiger partial charge in [0.2, 0.25) is 0 Å². The molecule has 8 heteroatoms. The monoisotopic (exact) mass is 827 g/mol. The van der Waals surface area contributed by atoms with E-state index in [0.717, 1.165) is 128 Å². The van der Waals surface area contributed by atoms with Crippen molar-refractivity contribution in [3.63, 3.8) is 0 Å². The molecule has 4 rings (SSSR count). The summed E-state index contributed by atoms with van der Waals surface area (Å²) in [5.41, 5.74) is 0. The van der Waals surface area contributed by atoms with E-state index >= 15 is 0 Å². The minimum Gasteiger partial charge on any atom is -0.426 e. The van der Waals surface area contributed by atoms with E-state index in [2.05, 4.69) is 27.7 Å². The van der Waals surface area contributed by atoms with Gasteiger partial charge in [-0.1, -0.05) is 156 Å². The normalized spacial score (nSPS) is 11.5. The van der Waals surface area contributed by atoms with Crippen LogP contribution in [0.5, 0.6) is 23.0 Å². The Bertz CT molecular complexity index is 1650. The summed E-state index contributed by atoms with van der Waals surface area (Å²) in [7, 11) is 0. The molecule has 0 heterocycles. The predicted octanol–water partition coefficient (Wildman–Crippen LogP) is 15.2. The van der Waals surface area contributed by atoms with Crippen LogP contribution in [0.4, 0.5) is 0 Å². The summed E-state index contributed by atoms with van der Waals surface area (Å²) >= 11 is 0. The maximum Gasteiger partial charge on any atom is 0.311 e. The van der Waals surface area contributed by atoms with Gasteiger partial charge in [-0.2, -0.15) is 0 Å². The number of carbonyl (C=O) groups is 4. The molecule has 0 saturated heterocycles. The smallest absolute Gasteiger partial charge is 0.311 e. The van der Waals surface area contributed by atoms with Gasteiger partial charge in [0.15, 0.2) is 0 Å². The Labute approximate surface area is 360 Å². The molecule has 0 atom stereocenters. The lowest BCUT2D eigenvalue weighted by atomic mass is 9.92. The van der Waals surface area contributed by atoms with Crippen molar-refractivity contribution in [2.45, 2.75) is 207 Å². The predicted molar refractivity (Wildman–Crippen MR) is 245 cm³/mol. The second kappa shape index (κ2) is 27.6. The molecule has 0 N–H and O–H groups in total. The van der Waals surface area contributed by atoms with Crippen LogP contribution in [-0.4, -0.2) is 23.9 Å². The second-order valence-electron chi connectivity index (χ2n) is 16.8. The molecule has 0 aliphatic carbocycles. The fraction of sp³-hybridized carbons (Fsp3) is 0.615. The molecule has 4 aromatic carbocycles. The second-order valence-corrected chi connectivity index (χ2v) is 16.8. The largest absolute Gasteiger partial charge is 0.426 e. The summed E-state index contributed by atoms with van der Waals surface area (Å²) in [6.07, 6.45) is 26.2. The Hall–Kier alpha value is -4.20. The van der Waals surface area contributed by atoms with Crippen molar-refractivity contribution in [3.05, 3.63) is 36.4 Å². The van der Waals surface area contributed by atoms with E-state index in [0.29, 0.717) is 55.3 Å². The third-order valence-corrected chi connectivity index (χ3v) is 11.6. The third kappa shape index (κ3) is 15.7. The van der Waals surface area contributed by atoms with E-state index in [-0.39, 0.29) is 49.6 Å². The molecule has 8 nitrogen and oxygen atoms in total. The topological polar surface area (TPSA) is 105 Å². The quantitative estimate of drug-likeness (QED) is 0.0207. The SMILES string of the molecule is CCCCCCCCC(=O)Oc1cc(OC(=O)CCCCCCCC)c2ccc3c(OC(=O)CCCCCCCC)cc(OC(=O)CCCCCCCC)c4ccc1c2c43. The first-order valence-electron chi connectivity index (χ1n) is 23.9. The van der Waals surface area contributed by atoms with E-state index in [1.165, 1.54) is 25.7 Å². The summed E-state index contributed by atoms with van der Waals surface area (Å²) in [5.74, 6) is -0.219. The van der Waals surface area contributed by atoms with Crippen LogP contribution < -0.4 is 18.9 Å². The Morgan fingerprint density at radius 2 is 0.517 bits per heavy atom. The van der Waals surface area contributed by atoms with Gasteiger partial charge in [0.1, 0.15) is 23.0 Å². The molecule has 4 aromatic rings. The number of rotatable bonds is 32. The van der Waals surface area contributed by atoms with Gasteiger partial charge in [0, 0.05) is 70.1 Å². The van der Waals surface area contributed by atoms with Crippen LogP contribution in [0.25, 0.3) is 32.3 Å². The molecule has 0 aliphatic rings. The average Bonchev–Trinajstić information content (AvgIpc) is 3.23. The van der Waals surface area contributed by atoms with Crippen LogP contribution in [0.3, 0.4) is 0 Å². The summed E-state index contributed by atoms with van der Waals surface area (Å²) in [6.45, 7) is 8.74. The van der Waals surface area contributed by atoms with Crippen molar-refractivity contribution in [1.29, 1.82) is 0 Å². The first-order chi connectivity index (χ1) is 29.3. The number of esters is 4. The fourth-order valence-electron chi connectivity index (χ4n) is 8.10. The first kappa shape index (κ1) is 48.5. The van der Waals surface area contributed by atoms with E-state index < -0.39 is 0 Å². The molecule has 0 spiro atoms. The van der Waals surface area contributed by atoms with Gasteiger partial charge in [-0.3, -0.25) is 19.2 Å². The van der Waals surface area contributed by atoms with Crippen molar-refractivity contribution in [2.75, 3.05) is 0 Å². The Balaban J connectivity index is 1.73. The zero-order chi connectivity index (χ0) is 43.0. The highest BCUT2D eigenvalue weighted by atomic mass is 16.6. The van der Waals surface area contributed by atoms with Gasteiger partial charge in [-0.05, 0) is 49.9 Å². The van der Waals surface area contributed by atoms with Crippen molar-refractivity contribution < 1.29 is 38.1 Å². The zero-order valence-corrected chi connectivity index (χ0v) is 37.5. The molecule has 330 valence electrons. The highest BCUT2D eigenvalue weighted by molar-refractivity contribution is 6.28. The van der Waals surface area contributed by atoms with Crippen molar-refractivity contribution >= 4 is 56.2 Å². The lowest BCUT2D eigenvalue weighted by Gasteiger charge is -2.20. The van der Waals surface area contributed by atoms with Crippen molar-refractivity contribution in [2.24, 2.45) is 0 Å². The minimum atomic E-state index is -0.349. The summed E-state index contributed by atoms with van der Waals surface area (Å²) < 4.78 is 24.4. The molecule has 0 saturated carbocycles. The van der Waals surface area contributed by atoms with Crippen LogP contribution >= 0.6 is 0 Å². The average molecular weight is 827 g/mol. The van der Waals surface area contributed by atoms with Crippen molar-refractivity contribution in [1.82, 2.24) is 0 Å². The van der Waals surface area contributed by atoms with Gasteiger partial charge >= 0.3 is 23.9 Å². The van der Waals surface area contributed by atoms with Gasteiger partial charge in [0.25, 0.3) is 0 Å². The number of ether oxygens (including phenoxy) is 4. The number of carbonyl (C=O) groups excluding carboxylic acids is 4. The van der Waals surface area contributed by atoms with Gasteiger partial charge < -0.3 is 18.9 Å². The standard InChI is InChI=1S/C52H74O8/c1-5-9-13-17-21-25-29-47(53)57-43-37-44(58-48(54)30-26-22-18-14-10-6-2)40-35-36-42-46(60-50(56)32-28-24-20-16-12-8-4)38-45(41-34-33-39(43)51(40)52(41)42)59-49(55)31-27-23-19-15-11-7-3/h33-38H,5-32H2,1-4H3. The molecule has 0 aromatic heterocycles. The third-order valence-electron chi connectivity index (χ3n) is 11.6. The molecule has 0 fully saturated rings. The number of hydrogen-bond acceptors (Lipinski definition) is 8. The number of unbranched alkanes of at least 4 members (excludes halogenated alkanes) is 20. The summed E-state index contributed by atoms with van der Waals surface area (Å²) in [4.78, 5) is 53.5. The van der Waals surface area contributed by atoms with Crippen LogP contribution in [0.1, 0.15) is 207 Å². The first-order valence-corrected chi connectivity index (χ1v) is 23.9. The maximum absolute atomic E-state index is 13.4. The Morgan fingerprint density at radius 1 is 0.317 bits per heavy atom. The molecule has 60 heavy (non-hydrogen) atoms. The molecule has 0 unspecified atom stereocenters. The minimum absolute atomic E-state index is 0.276. The van der Waals surface area contributed by atoms with E-state index in [4.69, 9.17) is 18.9 Å². The number of benzene rings is 4. The lowest BCUT2D eigenvalue weighted by molar-refractivity contribution is -0.135.